The van der Waals surface area contributed by atoms with Crippen molar-refractivity contribution in [1.82, 2.24) is 0 Å². The molecule has 0 spiro atoms. The molecule has 0 aromatic heterocycles. The van der Waals surface area contributed by atoms with Crippen molar-refractivity contribution in [2.45, 2.75) is 74.1 Å². The first kappa shape index (κ1) is 15.0. The summed E-state index contributed by atoms with van der Waals surface area (Å²) < 4.78 is 0. The van der Waals surface area contributed by atoms with Gasteiger partial charge in [-0.15, -0.1) is 0 Å². The molecule has 0 aliphatic rings. The van der Waals surface area contributed by atoms with Crippen LogP contribution in [0.3, 0.4) is 0 Å². The van der Waals surface area contributed by atoms with E-state index in [4.69, 9.17) is 0 Å². The summed E-state index contributed by atoms with van der Waals surface area (Å²) in [5.74, 6) is 2.66. The van der Waals surface area contributed by atoms with Crippen LogP contribution in [0.25, 0.3) is 0 Å². The van der Waals surface area contributed by atoms with Crippen molar-refractivity contribution >= 4 is 0 Å². The molecule has 0 heterocycles. The standard InChI is InChI=1S/C15H32/c1-8-9-13(4)14(12(2)3)10-11-15(5,6)7/h12-14H,8-11H2,1-7H3. The topological polar surface area (TPSA) is 0 Å². The summed E-state index contributed by atoms with van der Waals surface area (Å²) in [6, 6.07) is 0. The van der Waals surface area contributed by atoms with E-state index in [0.29, 0.717) is 5.41 Å². The Morgan fingerprint density at radius 3 is 1.80 bits per heavy atom. The smallest absolute Gasteiger partial charge is 0.0365 e. The summed E-state index contributed by atoms with van der Waals surface area (Å²) in [7, 11) is 0. The van der Waals surface area contributed by atoms with Crippen LogP contribution in [0.2, 0.25) is 0 Å². The molecule has 0 saturated heterocycles. The van der Waals surface area contributed by atoms with Gasteiger partial charge in [-0.25, -0.2) is 0 Å². The van der Waals surface area contributed by atoms with Crippen LogP contribution < -0.4 is 0 Å². The van der Waals surface area contributed by atoms with Crippen LogP contribution >= 0.6 is 0 Å². The summed E-state index contributed by atoms with van der Waals surface area (Å²) in [4.78, 5) is 0. The van der Waals surface area contributed by atoms with Crippen LogP contribution in [-0.2, 0) is 0 Å². The molecule has 0 amide bonds. The first-order chi connectivity index (χ1) is 6.78. The van der Waals surface area contributed by atoms with Gasteiger partial charge in [0.15, 0.2) is 0 Å². The molecule has 0 N–H and O–H groups in total. The summed E-state index contributed by atoms with van der Waals surface area (Å²) >= 11 is 0. The van der Waals surface area contributed by atoms with Gasteiger partial charge >= 0.3 is 0 Å². The molecule has 0 aromatic carbocycles. The summed E-state index contributed by atoms with van der Waals surface area (Å²) in [5, 5.41) is 0. The molecule has 0 nitrogen and oxygen atoms in total. The third-order valence-corrected chi connectivity index (χ3v) is 3.56. The first-order valence-corrected chi connectivity index (χ1v) is 6.78. The fraction of sp³-hybridized carbons (Fsp3) is 1.00. The molecule has 15 heavy (non-hydrogen) atoms. The zero-order valence-corrected chi connectivity index (χ0v) is 12.1. The molecule has 0 aromatic rings. The second kappa shape index (κ2) is 6.55. The van der Waals surface area contributed by atoms with Crippen LogP contribution in [0, 0.1) is 23.2 Å². The fourth-order valence-corrected chi connectivity index (χ4v) is 2.54. The zero-order valence-electron chi connectivity index (χ0n) is 12.1. The van der Waals surface area contributed by atoms with Gasteiger partial charge in [-0.05, 0) is 36.0 Å². The molecule has 92 valence electrons. The van der Waals surface area contributed by atoms with E-state index in [1.165, 1.54) is 25.7 Å². The maximum absolute atomic E-state index is 2.44. The third kappa shape index (κ3) is 6.98. The number of hydrogen-bond acceptors (Lipinski definition) is 0. The molecule has 2 unspecified atom stereocenters. The van der Waals surface area contributed by atoms with Crippen LogP contribution in [0.4, 0.5) is 0 Å². The Labute approximate surface area is 97.8 Å². The molecule has 0 rings (SSSR count). The summed E-state index contributed by atoms with van der Waals surface area (Å²) in [6.07, 6.45) is 5.50. The van der Waals surface area contributed by atoms with Gasteiger partial charge in [0.2, 0.25) is 0 Å². The van der Waals surface area contributed by atoms with E-state index in [0.717, 1.165) is 17.8 Å². The SMILES string of the molecule is CCCC(C)C(CCC(C)(C)C)C(C)C. The predicted molar refractivity (Wildman–Crippen MR) is 71.1 cm³/mol. The minimum absolute atomic E-state index is 0.499. The van der Waals surface area contributed by atoms with Gasteiger partial charge in [0.25, 0.3) is 0 Å². The van der Waals surface area contributed by atoms with Crippen LogP contribution in [0.5, 0.6) is 0 Å². The van der Waals surface area contributed by atoms with Crippen molar-refractivity contribution in [2.75, 3.05) is 0 Å². The molecule has 0 fully saturated rings. The lowest BCUT2D eigenvalue weighted by Gasteiger charge is -2.30. The van der Waals surface area contributed by atoms with E-state index in [1.807, 2.05) is 0 Å². The second-order valence-corrected chi connectivity index (χ2v) is 6.77. The van der Waals surface area contributed by atoms with E-state index >= 15 is 0 Å². The predicted octanol–water partition coefficient (Wildman–Crippen LogP) is 5.52. The molecule has 2 atom stereocenters. The lowest BCUT2D eigenvalue weighted by molar-refractivity contribution is 0.206. The van der Waals surface area contributed by atoms with E-state index < -0.39 is 0 Å². The van der Waals surface area contributed by atoms with Crippen molar-refractivity contribution in [2.24, 2.45) is 23.2 Å². The minimum atomic E-state index is 0.499. The van der Waals surface area contributed by atoms with Gasteiger partial charge < -0.3 is 0 Å². The van der Waals surface area contributed by atoms with Crippen molar-refractivity contribution in [1.29, 1.82) is 0 Å². The molecule has 0 aliphatic heterocycles. The van der Waals surface area contributed by atoms with Gasteiger partial charge in [-0.2, -0.15) is 0 Å². The van der Waals surface area contributed by atoms with Gasteiger partial charge in [0.05, 0.1) is 0 Å². The average Bonchev–Trinajstić information content (AvgIpc) is 2.01. The van der Waals surface area contributed by atoms with Gasteiger partial charge in [-0.1, -0.05) is 61.3 Å². The molecule has 0 bridgehead atoms. The van der Waals surface area contributed by atoms with Crippen LogP contribution in [-0.4, -0.2) is 0 Å². The number of rotatable bonds is 6. The number of hydrogen-bond donors (Lipinski definition) is 0. The van der Waals surface area contributed by atoms with Crippen molar-refractivity contribution < 1.29 is 0 Å². The average molecular weight is 212 g/mol. The molecular weight excluding hydrogens is 180 g/mol. The Bertz CT molecular complexity index is 150. The highest BCUT2D eigenvalue weighted by Gasteiger charge is 2.22. The maximum atomic E-state index is 2.44. The Kier molecular flexibility index (Phi) is 6.55. The lowest BCUT2D eigenvalue weighted by Crippen LogP contribution is -2.20. The van der Waals surface area contributed by atoms with Gasteiger partial charge in [0, 0.05) is 0 Å². The molecule has 0 aliphatic carbocycles. The van der Waals surface area contributed by atoms with Gasteiger partial charge in [-0.3, -0.25) is 0 Å². The molecule has 0 radical (unpaired) electrons. The van der Waals surface area contributed by atoms with Gasteiger partial charge in [0.1, 0.15) is 0 Å². The Hall–Kier alpha value is 0. The van der Waals surface area contributed by atoms with Crippen molar-refractivity contribution in [3.8, 4) is 0 Å². The Morgan fingerprint density at radius 2 is 1.47 bits per heavy atom. The zero-order chi connectivity index (χ0) is 12.1. The summed E-state index contributed by atoms with van der Waals surface area (Å²) in [6.45, 7) is 16.6. The quantitative estimate of drug-likeness (QED) is 0.543. The molecular formula is C15H32. The Balaban J connectivity index is 4.16. The maximum Gasteiger partial charge on any atom is -0.0365 e. The monoisotopic (exact) mass is 212 g/mol. The highest BCUT2D eigenvalue weighted by Crippen LogP contribution is 2.33. The van der Waals surface area contributed by atoms with E-state index in [2.05, 4.69) is 48.5 Å². The normalized spacial score (nSPS) is 16.8. The lowest BCUT2D eigenvalue weighted by atomic mass is 9.76. The minimum Gasteiger partial charge on any atom is -0.0654 e. The summed E-state index contributed by atoms with van der Waals surface area (Å²) in [5.41, 5.74) is 0.499. The van der Waals surface area contributed by atoms with Crippen molar-refractivity contribution in [3.63, 3.8) is 0 Å². The highest BCUT2D eigenvalue weighted by atomic mass is 14.3. The van der Waals surface area contributed by atoms with E-state index in [-0.39, 0.29) is 0 Å². The Morgan fingerprint density at radius 1 is 0.933 bits per heavy atom. The third-order valence-electron chi connectivity index (χ3n) is 3.56. The largest absolute Gasteiger partial charge is 0.0654 e. The van der Waals surface area contributed by atoms with Crippen molar-refractivity contribution in [3.05, 3.63) is 0 Å². The second-order valence-electron chi connectivity index (χ2n) is 6.77. The molecule has 0 saturated carbocycles. The van der Waals surface area contributed by atoms with Crippen LogP contribution in [0.15, 0.2) is 0 Å². The molecule has 0 heteroatoms. The van der Waals surface area contributed by atoms with E-state index in [9.17, 15) is 0 Å². The van der Waals surface area contributed by atoms with E-state index in [1.54, 1.807) is 0 Å². The highest BCUT2D eigenvalue weighted by molar-refractivity contribution is 4.73. The fourth-order valence-electron chi connectivity index (χ4n) is 2.54. The first-order valence-electron chi connectivity index (χ1n) is 6.78. The van der Waals surface area contributed by atoms with Crippen LogP contribution in [0.1, 0.15) is 74.1 Å².